The molecule has 0 unspecified atom stereocenters. The number of aryl methyl sites for hydroxylation is 1. The van der Waals surface area contributed by atoms with Gasteiger partial charge in [0, 0.05) is 48.0 Å². The highest BCUT2D eigenvalue weighted by atomic mass is 15.2. The van der Waals surface area contributed by atoms with Gasteiger partial charge in [-0.2, -0.15) is 5.10 Å². The zero-order valence-electron chi connectivity index (χ0n) is 19.1. The maximum Gasteiger partial charge on any atom is 0.154 e. The molecule has 4 aromatic rings. The fraction of sp³-hybridized carbons (Fsp3) is 0.200. The lowest BCUT2D eigenvalue weighted by molar-refractivity contribution is 0.843. The van der Waals surface area contributed by atoms with E-state index in [1.165, 1.54) is 0 Å². The first-order chi connectivity index (χ1) is 15.9. The molecule has 0 aliphatic rings. The smallest absolute Gasteiger partial charge is 0.154 e. The molecule has 8 heteroatoms. The summed E-state index contributed by atoms with van der Waals surface area (Å²) < 4.78 is 0. The number of fused-ring (bicyclic) bond motifs is 1. The Balaban J connectivity index is 1.68. The summed E-state index contributed by atoms with van der Waals surface area (Å²) in [7, 11) is 1.81. The van der Waals surface area contributed by atoms with Crippen LogP contribution in [0.4, 0.5) is 11.6 Å². The highest BCUT2D eigenvalue weighted by Gasteiger charge is 2.13. The van der Waals surface area contributed by atoms with Crippen molar-refractivity contribution in [2.45, 2.75) is 26.7 Å². The van der Waals surface area contributed by atoms with Gasteiger partial charge in [-0.3, -0.25) is 15.4 Å². The fourth-order valence-corrected chi connectivity index (χ4v) is 3.41. The van der Waals surface area contributed by atoms with E-state index in [1.54, 1.807) is 24.8 Å². The van der Waals surface area contributed by atoms with Gasteiger partial charge in [-0.1, -0.05) is 13.8 Å². The molecule has 0 aliphatic carbocycles. The number of allylic oxidation sites excluding steroid dienone is 1. The standard InChI is InChI=1S/C25H26N8/c1-15(2)18-11-24(33-30-13-18)32-23-6-5-21-22(31-23)10-19(12-29-21)20(14-27-4)25(26)17-7-8-28-16(3)9-17/h5-15,26-27H,1-4H3,(H,31,32,33)/b20-14-,26-25?. The quantitative estimate of drug-likeness (QED) is 0.361. The summed E-state index contributed by atoms with van der Waals surface area (Å²) in [6.45, 7) is 6.14. The Kier molecular flexibility index (Phi) is 6.35. The molecule has 8 nitrogen and oxygen atoms in total. The minimum atomic E-state index is 0.356. The average Bonchev–Trinajstić information content (AvgIpc) is 2.82. The first kappa shape index (κ1) is 22.0. The van der Waals surface area contributed by atoms with E-state index in [9.17, 15) is 0 Å². The Morgan fingerprint density at radius 1 is 0.970 bits per heavy atom. The van der Waals surface area contributed by atoms with Crippen LogP contribution in [0.3, 0.4) is 0 Å². The molecule has 33 heavy (non-hydrogen) atoms. The molecule has 0 fully saturated rings. The second-order valence-corrected chi connectivity index (χ2v) is 8.02. The van der Waals surface area contributed by atoms with Gasteiger partial charge >= 0.3 is 0 Å². The Morgan fingerprint density at radius 2 is 1.82 bits per heavy atom. The van der Waals surface area contributed by atoms with Gasteiger partial charge in [0.1, 0.15) is 5.82 Å². The molecule has 0 aromatic carbocycles. The van der Waals surface area contributed by atoms with E-state index in [-0.39, 0.29) is 0 Å². The number of aromatic nitrogens is 5. The topological polar surface area (TPSA) is 112 Å². The number of hydrogen-bond donors (Lipinski definition) is 3. The lowest BCUT2D eigenvalue weighted by Gasteiger charge is -2.12. The van der Waals surface area contributed by atoms with Gasteiger partial charge in [0.05, 0.1) is 22.9 Å². The van der Waals surface area contributed by atoms with Crippen LogP contribution >= 0.6 is 0 Å². The molecule has 4 heterocycles. The van der Waals surface area contributed by atoms with Crippen molar-refractivity contribution < 1.29 is 0 Å². The summed E-state index contributed by atoms with van der Waals surface area (Å²) in [6, 6.07) is 11.4. The van der Waals surface area contributed by atoms with Crippen molar-refractivity contribution in [2.75, 3.05) is 12.4 Å². The average molecular weight is 439 g/mol. The van der Waals surface area contributed by atoms with Crippen molar-refractivity contribution in [3.8, 4) is 0 Å². The molecule has 0 saturated heterocycles. The Hall–Kier alpha value is -4.20. The minimum Gasteiger partial charge on any atom is -0.393 e. The first-order valence-electron chi connectivity index (χ1n) is 10.7. The van der Waals surface area contributed by atoms with Gasteiger partial charge in [0.2, 0.25) is 0 Å². The van der Waals surface area contributed by atoms with Crippen molar-refractivity contribution >= 4 is 34.0 Å². The number of nitrogens with zero attached hydrogens (tertiary/aromatic N) is 5. The summed E-state index contributed by atoms with van der Waals surface area (Å²) in [5.74, 6) is 1.65. The molecule has 0 aliphatic heterocycles. The maximum absolute atomic E-state index is 8.77. The second kappa shape index (κ2) is 9.52. The summed E-state index contributed by atoms with van der Waals surface area (Å²) >= 11 is 0. The van der Waals surface area contributed by atoms with E-state index in [4.69, 9.17) is 10.4 Å². The maximum atomic E-state index is 8.77. The molecule has 166 valence electrons. The summed E-state index contributed by atoms with van der Waals surface area (Å²) in [5.41, 5.74) is 6.12. The van der Waals surface area contributed by atoms with Gasteiger partial charge in [0.15, 0.2) is 5.82 Å². The lowest BCUT2D eigenvalue weighted by atomic mass is 9.97. The van der Waals surface area contributed by atoms with Gasteiger partial charge in [-0.15, -0.1) is 5.10 Å². The fourth-order valence-electron chi connectivity index (χ4n) is 3.41. The predicted molar refractivity (Wildman–Crippen MR) is 132 cm³/mol. The van der Waals surface area contributed by atoms with Crippen LogP contribution in [0.15, 0.2) is 61.2 Å². The van der Waals surface area contributed by atoms with Crippen molar-refractivity contribution in [1.82, 2.24) is 30.5 Å². The van der Waals surface area contributed by atoms with E-state index < -0.39 is 0 Å². The molecule has 0 radical (unpaired) electrons. The third kappa shape index (κ3) is 5.01. The van der Waals surface area contributed by atoms with Crippen LogP contribution in [0.25, 0.3) is 16.6 Å². The SMILES string of the molecule is CN/C=C(\C(=N)c1ccnc(C)c1)c1cnc2ccc(Nc3cc(C(C)C)cnn3)nc2c1. The van der Waals surface area contributed by atoms with Crippen LogP contribution in [0.1, 0.15) is 42.1 Å². The highest BCUT2D eigenvalue weighted by molar-refractivity contribution is 6.30. The van der Waals surface area contributed by atoms with Gasteiger partial charge in [0.25, 0.3) is 0 Å². The molecular formula is C25H26N8. The van der Waals surface area contributed by atoms with Gasteiger partial charge < -0.3 is 10.6 Å². The molecule has 4 aromatic heterocycles. The zero-order valence-corrected chi connectivity index (χ0v) is 19.1. The third-order valence-corrected chi connectivity index (χ3v) is 5.19. The lowest BCUT2D eigenvalue weighted by Crippen LogP contribution is -2.08. The molecule has 4 rings (SSSR count). The molecule has 0 saturated carbocycles. The van der Waals surface area contributed by atoms with E-state index in [0.717, 1.165) is 27.9 Å². The Labute approximate surface area is 192 Å². The van der Waals surface area contributed by atoms with Crippen molar-refractivity contribution in [3.05, 3.63) is 83.6 Å². The van der Waals surface area contributed by atoms with E-state index >= 15 is 0 Å². The Bertz CT molecular complexity index is 1340. The number of pyridine rings is 3. The van der Waals surface area contributed by atoms with Crippen LogP contribution < -0.4 is 10.6 Å². The highest BCUT2D eigenvalue weighted by Crippen LogP contribution is 2.24. The van der Waals surface area contributed by atoms with Gasteiger partial charge in [-0.05, 0) is 54.8 Å². The number of rotatable bonds is 7. The van der Waals surface area contributed by atoms with Crippen molar-refractivity contribution in [1.29, 1.82) is 5.41 Å². The van der Waals surface area contributed by atoms with E-state index in [0.29, 0.717) is 34.4 Å². The largest absolute Gasteiger partial charge is 0.393 e. The third-order valence-electron chi connectivity index (χ3n) is 5.19. The minimum absolute atomic E-state index is 0.356. The second-order valence-electron chi connectivity index (χ2n) is 8.02. The van der Waals surface area contributed by atoms with Crippen LogP contribution in [0.5, 0.6) is 0 Å². The van der Waals surface area contributed by atoms with Crippen LogP contribution in [0.2, 0.25) is 0 Å². The van der Waals surface area contributed by atoms with Crippen LogP contribution in [-0.4, -0.2) is 37.9 Å². The van der Waals surface area contributed by atoms with E-state index in [2.05, 4.69) is 44.6 Å². The van der Waals surface area contributed by atoms with Crippen LogP contribution in [-0.2, 0) is 0 Å². The predicted octanol–water partition coefficient (Wildman–Crippen LogP) is 4.62. The zero-order chi connectivity index (χ0) is 23.4. The number of nitrogens with one attached hydrogen (secondary N) is 3. The van der Waals surface area contributed by atoms with Crippen molar-refractivity contribution in [2.24, 2.45) is 0 Å². The molecule has 0 bridgehead atoms. The summed E-state index contributed by atoms with van der Waals surface area (Å²) in [5, 5.41) is 23.3. The Morgan fingerprint density at radius 3 is 2.58 bits per heavy atom. The van der Waals surface area contributed by atoms with Gasteiger partial charge in [-0.25, -0.2) is 4.98 Å². The van der Waals surface area contributed by atoms with Crippen LogP contribution in [0, 0.1) is 12.3 Å². The molecular weight excluding hydrogens is 412 g/mol. The summed E-state index contributed by atoms with van der Waals surface area (Å²) in [6.07, 6.45) is 7.05. The molecule has 0 atom stereocenters. The summed E-state index contributed by atoms with van der Waals surface area (Å²) in [4.78, 5) is 13.5. The molecule has 3 N–H and O–H groups in total. The number of hydrogen-bond acceptors (Lipinski definition) is 8. The monoisotopic (exact) mass is 438 g/mol. The van der Waals surface area contributed by atoms with Crippen molar-refractivity contribution in [3.63, 3.8) is 0 Å². The number of anilines is 2. The molecule has 0 amide bonds. The molecule has 0 spiro atoms. The first-order valence-corrected chi connectivity index (χ1v) is 10.7. The van der Waals surface area contributed by atoms with E-state index in [1.807, 2.05) is 50.4 Å². The normalized spacial score (nSPS) is 11.6.